The Morgan fingerprint density at radius 1 is 1.55 bits per heavy atom. The van der Waals surface area contributed by atoms with Crippen LogP contribution in [0.15, 0.2) is 16.9 Å². The molecular weight excluding hydrogens is 280 g/mol. The third-order valence-electron chi connectivity index (χ3n) is 3.43. The van der Waals surface area contributed by atoms with Crippen molar-refractivity contribution in [2.75, 3.05) is 26.2 Å². The Hall–Kier alpha value is -0.960. The second-order valence-corrected chi connectivity index (χ2v) is 6.75. The summed E-state index contributed by atoms with van der Waals surface area (Å²) in [4.78, 5) is 0. The summed E-state index contributed by atoms with van der Waals surface area (Å²) in [5, 5.41) is 6.97. The molecule has 0 spiro atoms. The van der Waals surface area contributed by atoms with E-state index in [4.69, 9.17) is 0 Å². The summed E-state index contributed by atoms with van der Waals surface area (Å²) in [5.41, 5.74) is 0.579. The summed E-state index contributed by atoms with van der Waals surface area (Å²) in [5.74, 6) is 0.382. The van der Waals surface area contributed by atoms with Crippen molar-refractivity contribution in [3.63, 3.8) is 0 Å². The van der Waals surface area contributed by atoms with Gasteiger partial charge in [-0.25, -0.2) is 0 Å². The summed E-state index contributed by atoms with van der Waals surface area (Å²) >= 11 is 0. The Kier molecular flexibility index (Phi) is 5.53. The molecule has 0 saturated carbocycles. The molecule has 8 heteroatoms. The van der Waals surface area contributed by atoms with Crippen molar-refractivity contribution in [2.24, 2.45) is 5.92 Å². The maximum Gasteiger partial charge on any atom is 0.279 e. The lowest BCUT2D eigenvalue weighted by Crippen LogP contribution is -2.47. The number of piperidine rings is 1. The predicted molar refractivity (Wildman–Crippen MR) is 75.1 cm³/mol. The first-order chi connectivity index (χ1) is 9.62. The van der Waals surface area contributed by atoms with Gasteiger partial charge in [0.1, 0.15) is 6.26 Å². The average Bonchev–Trinajstić information content (AvgIpc) is 2.97. The van der Waals surface area contributed by atoms with E-state index in [1.165, 1.54) is 10.6 Å². The van der Waals surface area contributed by atoms with E-state index < -0.39 is 10.2 Å². The third-order valence-corrected chi connectivity index (χ3v) is 4.95. The molecule has 0 radical (unpaired) electrons. The van der Waals surface area contributed by atoms with Gasteiger partial charge in [0.05, 0.1) is 12.2 Å². The molecule has 1 fully saturated rings. The highest BCUT2D eigenvalue weighted by atomic mass is 32.2. The number of hydrogen-bond donors (Lipinski definition) is 2. The van der Waals surface area contributed by atoms with Crippen molar-refractivity contribution in [3.8, 4) is 0 Å². The van der Waals surface area contributed by atoms with Gasteiger partial charge in [-0.15, -0.1) is 0 Å². The lowest BCUT2D eigenvalue weighted by atomic mass is 10.00. The quantitative estimate of drug-likeness (QED) is 0.758. The van der Waals surface area contributed by atoms with Crippen LogP contribution < -0.4 is 10.0 Å². The molecule has 2 heterocycles. The van der Waals surface area contributed by atoms with Crippen LogP contribution in [0.3, 0.4) is 0 Å². The van der Waals surface area contributed by atoms with Gasteiger partial charge in [-0.2, -0.15) is 17.4 Å². The molecule has 20 heavy (non-hydrogen) atoms. The lowest BCUT2D eigenvalue weighted by molar-refractivity contribution is 0.258. The van der Waals surface area contributed by atoms with Crippen LogP contribution in [0.5, 0.6) is 0 Å². The van der Waals surface area contributed by atoms with Crippen LogP contribution in [0.25, 0.3) is 0 Å². The smallest absolute Gasteiger partial charge is 0.279 e. The Morgan fingerprint density at radius 3 is 3.10 bits per heavy atom. The highest BCUT2D eigenvalue weighted by Crippen LogP contribution is 2.18. The molecule has 0 aromatic carbocycles. The Labute approximate surface area is 119 Å². The zero-order valence-electron chi connectivity index (χ0n) is 11.7. The maximum atomic E-state index is 12.2. The molecule has 2 rings (SSSR count). The van der Waals surface area contributed by atoms with Crippen LogP contribution in [0, 0.1) is 5.92 Å². The van der Waals surface area contributed by atoms with Crippen LogP contribution in [-0.2, 0) is 16.8 Å². The number of hydrogen-bond acceptors (Lipinski definition) is 5. The van der Waals surface area contributed by atoms with Crippen molar-refractivity contribution in [2.45, 2.75) is 26.3 Å². The van der Waals surface area contributed by atoms with Crippen LogP contribution in [0.1, 0.15) is 25.5 Å². The van der Waals surface area contributed by atoms with Gasteiger partial charge in [-0.3, -0.25) is 0 Å². The fourth-order valence-electron chi connectivity index (χ4n) is 2.35. The highest BCUT2D eigenvalue weighted by molar-refractivity contribution is 7.87. The van der Waals surface area contributed by atoms with E-state index in [1.807, 2.05) is 0 Å². The van der Waals surface area contributed by atoms with Crippen molar-refractivity contribution < 1.29 is 12.9 Å². The summed E-state index contributed by atoms with van der Waals surface area (Å²) in [7, 11) is -3.44. The predicted octanol–water partition coefficient (Wildman–Crippen LogP) is 0.331. The highest BCUT2D eigenvalue weighted by Gasteiger charge is 2.28. The van der Waals surface area contributed by atoms with Crippen LogP contribution in [0.2, 0.25) is 0 Å². The molecule has 2 N–H and O–H groups in total. The van der Waals surface area contributed by atoms with Crippen LogP contribution in [0.4, 0.5) is 0 Å². The van der Waals surface area contributed by atoms with E-state index in [-0.39, 0.29) is 6.54 Å². The molecule has 0 bridgehead atoms. The number of nitrogens with one attached hydrogen (secondary N) is 2. The molecule has 114 valence electrons. The van der Waals surface area contributed by atoms with E-state index in [1.54, 1.807) is 6.07 Å². The molecule has 1 atom stereocenters. The molecule has 7 nitrogen and oxygen atoms in total. The summed E-state index contributed by atoms with van der Waals surface area (Å²) in [6.07, 6.45) is 3.40. The van der Waals surface area contributed by atoms with E-state index in [0.29, 0.717) is 24.7 Å². The molecule has 0 aliphatic carbocycles. The van der Waals surface area contributed by atoms with E-state index in [0.717, 1.165) is 25.9 Å². The van der Waals surface area contributed by atoms with Gasteiger partial charge in [0.15, 0.2) is 0 Å². The molecule has 1 aliphatic rings. The molecule has 1 unspecified atom stereocenters. The van der Waals surface area contributed by atoms with Crippen molar-refractivity contribution in [3.05, 3.63) is 18.0 Å². The minimum Gasteiger partial charge on any atom is -0.364 e. The van der Waals surface area contributed by atoms with Crippen molar-refractivity contribution in [1.29, 1.82) is 0 Å². The molecule has 1 aromatic rings. The average molecular weight is 302 g/mol. The standard InChI is InChI=1S/C12H22N4O3S/c1-2-13-8-11-4-3-6-16(10-11)20(17,18)14-9-12-5-7-19-15-12/h5,7,11,13-14H,2-4,6,8-10H2,1H3. The van der Waals surface area contributed by atoms with E-state index >= 15 is 0 Å². The topological polar surface area (TPSA) is 87.5 Å². The first-order valence-corrected chi connectivity index (χ1v) is 8.40. The molecule has 1 aliphatic heterocycles. The summed E-state index contributed by atoms with van der Waals surface area (Å²) in [6, 6.07) is 1.65. The van der Waals surface area contributed by atoms with Gasteiger partial charge in [-0.1, -0.05) is 12.1 Å². The first-order valence-electron chi connectivity index (χ1n) is 6.96. The van der Waals surface area contributed by atoms with Gasteiger partial charge in [0.2, 0.25) is 0 Å². The fourth-order valence-corrected chi connectivity index (χ4v) is 3.63. The number of nitrogens with zero attached hydrogens (tertiary/aromatic N) is 2. The Bertz CT molecular complexity index is 489. The minimum absolute atomic E-state index is 0.160. The SMILES string of the molecule is CCNCC1CCCN(S(=O)(=O)NCc2ccon2)C1. The Balaban J connectivity index is 1.87. The van der Waals surface area contributed by atoms with Gasteiger partial charge in [0.25, 0.3) is 10.2 Å². The van der Waals surface area contributed by atoms with Crippen molar-refractivity contribution in [1.82, 2.24) is 19.5 Å². The Morgan fingerprint density at radius 2 is 2.40 bits per heavy atom. The van der Waals surface area contributed by atoms with Gasteiger partial charge in [0, 0.05) is 19.2 Å². The zero-order valence-corrected chi connectivity index (χ0v) is 12.5. The van der Waals surface area contributed by atoms with Gasteiger partial charge < -0.3 is 9.84 Å². The zero-order chi connectivity index (χ0) is 14.4. The molecule has 0 amide bonds. The van der Waals surface area contributed by atoms with Crippen LogP contribution in [-0.4, -0.2) is 44.1 Å². The number of aromatic nitrogens is 1. The second kappa shape index (κ2) is 7.16. The molecule has 1 saturated heterocycles. The van der Waals surface area contributed by atoms with Gasteiger partial charge in [-0.05, 0) is 31.8 Å². The fraction of sp³-hybridized carbons (Fsp3) is 0.750. The minimum atomic E-state index is -3.44. The van der Waals surface area contributed by atoms with Crippen LogP contribution >= 0.6 is 0 Å². The summed E-state index contributed by atoms with van der Waals surface area (Å²) < 4.78 is 33.2. The molecule has 1 aromatic heterocycles. The third kappa shape index (κ3) is 4.27. The number of rotatable bonds is 7. The lowest BCUT2D eigenvalue weighted by Gasteiger charge is -2.31. The maximum absolute atomic E-state index is 12.2. The second-order valence-electron chi connectivity index (χ2n) is 4.99. The molecular formula is C12H22N4O3S. The normalized spacial score (nSPS) is 21.1. The van der Waals surface area contributed by atoms with Gasteiger partial charge >= 0.3 is 0 Å². The van der Waals surface area contributed by atoms with E-state index in [9.17, 15) is 8.42 Å². The largest absolute Gasteiger partial charge is 0.364 e. The van der Waals surface area contributed by atoms with E-state index in [2.05, 4.69) is 26.6 Å². The first kappa shape index (κ1) is 15.4. The van der Waals surface area contributed by atoms with Crippen molar-refractivity contribution >= 4 is 10.2 Å². The summed E-state index contributed by atoms with van der Waals surface area (Å²) in [6.45, 7) is 5.14. The monoisotopic (exact) mass is 302 g/mol.